The summed E-state index contributed by atoms with van der Waals surface area (Å²) in [4.78, 5) is 7.08. The van der Waals surface area contributed by atoms with E-state index in [1.807, 2.05) is 24.5 Å². The minimum atomic E-state index is 0.259. The van der Waals surface area contributed by atoms with E-state index in [9.17, 15) is 0 Å². The van der Waals surface area contributed by atoms with Gasteiger partial charge in [-0.15, -0.1) is 0 Å². The van der Waals surface area contributed by atoms with Crippen molar-refractivity contribution in [2.24, 2.45) is 0 Å². The average molecular weight is 356 g/mol. The molecule has 5 heterocycles. The van der Waals surface area contributed by atoms with E-state index in [0.717, 1.165) is 48.3 Å². The first-order valence-corrected chi connectivity index (χ1v) is 9.43. The Morgan fingerprint density at radius 3 is 2.93 bits per heavy atom. The highest BCUT2D eigenvalue weighted by molar-refractivity contribution is 5.82. The molecule has 1 aromatic carbocycles. The number of fused-ring (bicyclic) bond motifs is 3. The SMILES string of the molecule is c1ccc2ncc(-c3cc4n(n3)CCC43CN(Cc4ccn[nH]4)C3)cc2c1. The second kappa shape index (κ2) is 5.50. The Bertz CT molecular complexity index is 1120. The number of hydrogen-bond acceptors (Lipinski definition) is 4. The predicted molar refractivity (Wildman–Crippen MR) is 103 cm³/mol. The van der Waals surface area contributed by atoms with Crippen molar-refractivity contribution in [3.05, 3.63) is 66.2 Å². The van der Waals surface area contributed by atoms with Crippen LogP contribution in [0, 0.1) is 0 Å². The molecule has 4 aromatic rings. The summed E-state index contributed by atoms with van der Waals surface area (Å²) in [6.45, 7) is 4.13. The molecular formula is C21H20N6. The molecule has 0 aliphatic carbocycles. The van der Waals surface area contributed by atoms with Crippen LogP contribution >= 0.6 is 0 Å². The minimum absolute atomic E-state index is 0.259. The first kappa shape index (κ1) is 15.1. The van der Waals surface area contributed by atoms with E-state index in [0.29, 0.717) is 0 Å². The van der Waals surface area contributed by atoms with E-state index in [2.05, 4.69) is 55.1 Å². The number of H-pyrrole nitrogens is 1. The average Bonchev–Trinajstić information content (AvgIpc) is 3.38. The van der Waals surface area contributed by atoms with Crippen LogP contribution in [0.1, 0.15) is 17.8 Å². The zero-order valence-electron chi connectivity index (χ0n) is 15.0. The predicted octanol–water partition coefficient (Wildman–Crippen LogP) is 2.98. The Morgan fingerprint density at radius 1 is 1.11 bits per heavy atom. The van der Waals surface area contributed by atoms with Gasteiger partial charge in [-0.3, -0.25) is 19.7 Å². The summed E-state index contributed by atoms with van der Waals surface area (Å²) in [7, 11) is 0. The van der Waals surface area contributed by atoms with Gasteiger partial charge < -0.3 is 0 Å². The Balaban J connectivity index is 1.28. The normalized spacial score (nSPS) is 18.1. The maximum absolute atomic E-state index is 4.89. The topological polar surface area (TPSA) is 62.6 Å². The van der Waals surface area contributed by atoms with Gasteiger partial charge in [-0.25, -0.2) is 0 Å². The van der Waals surface area contributed by atoms with Gasteiger partial charge in [0.05, 0.1) is 11.2 Å². The van der Waals surface area contributed by atoms with Crippen molar-refractivity contribution in [3.8, 4) is 11.3 Å². The molecule has 6 rings (SSSR count). The number of nitrogens with one attached hydrogen (secondary N) is 1. The molecule has 1 fully saturated rings. The van der Waals surface area contributed by atoms with Crippen LogP contribution in [0.4, 0.5) is 0 Å². The minimum Gasteiger partial charge on any atom is -0.296 e. The van der Waals surface area contributed by atoms with Crippen LogP contribution in [0.25, 0.3) is 22.2 Å². The van der Waals surface area contributed by atoms with Gasteiger partial charge in [-0.1, -0.05) is 18.2 Å². The third-order valence-corrected chi connectivity index (χ3v) is 6.02. The van der Waals surface area contributed by atoms with Crippen molar-refractivity contribution >= 4 is 10.9 Å². The van der Waals surface area contributed by atoms with E-state index < -0.39 is 0 Å². The second-order valence-corrected chi connectivity index (χ2v) is 7.81. The van der Waals surface area contributed by atoms with Crippen molar-refractivity contribution in [1.82, 2.24) is 29.9 Å². The van der Waals surface area contributed by atoms with Gasteiger partial charge in [0, 0.05) is 66.3 Å². The molecule has 3 aromatic heterocycles. The molecule has 2 aliphatic heterocycles. The van der Waals surface area contributed by atoms with Crippen LogP contribution < -0.4 is 0 Å². The van der Waals surface area contributed by atoms with Crippen LogP contribution in [-0.4, -0.2) is 43.0 Å². The molecule has 0 unspecified atom stereocenters. The lowest BCUT2D eigenvalue weighted by molar-refractivity contribution is 0.0570. The van der Waals surface area contributed by atoms with Crippen LogP contribution in [0.15, 0.2) is 54.9 Å². The van der Waals surface area contributed by atoms with Crippen molar-refractivity contribution < 1.29 is 0 Å². The maximum atomic E-state index is 4.89. The van der Waals surface area contributed by atoms with Crippen LogP contribution in [-0.2, 0) is 18.5 Å². The summed E-state index contributed by atoms with van der Waals surface area (Å²) < 4.78 is 2.21. The standard InChI is InChI=1S/C21H20N6/c1-2-4-18-15(3-1)9-16(11-22-18)19-10-20-21(6-8-27(20)25-19)13-26(14-21)12-17-5-7-23-24-17/h1-5,7,9-11H,6,8,12-14H2,(H,23,24). The molecule has 134 valence electrons. The number of hydrogen-bond donors (Lipinski definition) is 1. The first-order chi connectivity index (χ1) is 13.3. The van der Waals surface area contributed by atoms with Gasteiger partial charge in [0.15, 0.2) is 0 Å². The number of nitrogens with zero attached hydrogens (tertiary/aromatic N) is 5. The summed E-state index contributed by atoms with van der Waals surface area (Å²) in [5.74, 6) is 0. The fourth-order valence-corrected chi connectivity index (χ4v) is 4.67. The van der Waals surface area contributed by atoms with Crippen molar-refractivity contribution in [1.29, 1.82) is 0 Å². The quantitative estimate of drug-likeness (QED) is 0.613. The highest BCUT2D eigenvalue weighted by atomic mass is 15.3. The summed E-state index contributed by atoms with van der Waals surface area (Å²) in [6, 6.07) is 14.8. The molecule has 0 saturated carbocycles. The smallest absolute Gasteiger partial charge is 0.0942 e. The Labute approximate surface area is 156 Å². The molecule has 6 heteroatoms. The Kier molecular flexibility index (Phi) is 3.08. The fraction of sp³-hybridized carbons (Fsp3) is 0.286. The second-order valence-electron chi connectivity index (χ2n) is 7.81. The van der Waals surface area contributed by atoms with Gasteiger partial charge >= 0.3 is 0 Å². The molecule has 1 saturated heterocycles. The van der Waals surface area contributed by atoms with E-state index >= 15 is 0 Å². The maximum Gasteiger partial charge on any atom is 0.0942 e. The molecule has 2 aliphatic rings. The summed E-state index contributed by atoms with van der Waals surface area (Å²) in [5.41, 5.74) is 5.98. The van der Waals surface area contributed by atoms with Crippen LogP contribution in [0.3, 0.4) is 0 Å². The lowest BCUT2D eigenvalue weighted by Crippen LogP contribution is -2.57. The number of aromatic amines is 1. The molecule has 6 nitrogen and oxygen atoms in total. The van der Waals surface area contributed by atoms with Crippen molar-refractivity contribution in [2.45, 2.75) is 24.9 Å². The van der Waals surface area contributed by atoms with E-state index in [4.69, 9.17) is 5.10 Å². The first-order valence-electron chi connectivity index (χ1n) is 9.43. The number of aromatic nitrogens is 5. The number of likely N-dealkylation sites (tertiary alicyclic amines) is 1. The largest absolute Gasteiger partial charge is 0.296 e. The van der Waals surface area contributed by atoms with E-state index in [1.54, 1.807) is 0 Å². The fourth-order valence-electron chi connectivity index (χ4n) is 4.67. The number of rotatable bonds is 3. The van der Waals surface area contributed by atoms with Crippen LogP contribution in [0.2, 0.25) is 0 Å². The molecule has 0 radical (unpaired) electrons. The molecule has 1 N–H and O–H groups in total. The van der Waals surface area contributed by atoms with Crippen LogP contribution in [0.5, 0.6) is 0 Å². The van der Waals surface area contributed by atoms with E-state index in [-0.39, 0.29) is 5.41 Å². The van der Waals surface area contributed by atoms with Crippen molar-refractivity contribution in [2.75, 3.05) is 13.1 Å². The van der Waals surface area contributed by atoms with E-state index in [1.165, 1.54) is 17.8 Å². The molecule has 27 heavy (non-hydrogen) atoms. The number of aryl methyl sites for hydroxylation is 1. The highest BCUT2D eigenvalue weighted by Gasteiger charge is 2.49. The summed E-state index contributed by atoms with van der Waals surface area (Å²) >= 11 is 0. The third-order valence-electron chi connectivity index (χ3n) is 6.02. The van der Waals surface area contributed by atoms with Gasteiger partial charge in [0.2, 0.25) is 0 Å². The number of para-hydroxylation sites is 1. The van der Waals surface area contributed by atoms with Crippen molar-refractivity contribution in [3.63, 3.8) is 0 Å². The summed E-state index contributed by atoms with van der Waals surface area (Å²) in [5, 5.41) is 13.2. The van der Waals surface area contributed by atoms with Gasteiger partial charge in [0.1, 0.15) is 0 Å². The van der Waals surface area contributed by atoms with Gasteiger partial charge in [-0.05, 0) is 30.7 Å². The number of benzene rings is 1. The van der Waals surface area contributed by atoms with Gasteiger partial charge in [-0.2, -0.15) is 10.2 Å². The Morgan fingerprint density at radius 2 is 2.04 bits per heavy atom. The molecule has 0 amide bonds. The Hall–Kier alpha value is -2.99. The molecule has 0 bridgehead atoms. The molecule has 1 spiro atoms. The zero-order valence-corrected chi connectivity index (χ0v) is 15.0. The van der Waals surface area contributed by atoms with Gasteiger partial charge in [0.25, 0.3) is 0 Å². The molecule has 0 atom stereocenters. The number of pyridine rings is 1. The monoisotopic (exact) mass is 356 g/mol. The summed E-state index contributed by atoms with van der Waals surface area (Å²) in [6.07, 6.45) is 4.95. The highest BCUT2D eigenvalue weighted by Crippen LogP contribution is 2.44. The molecular weight excluding hydrogens is 336 g/mol. The zero-order chi connectivity index (χ0) is 17.8. The third kappa shape index (κ3) is 2.33. The lowest BCUT2D eigenvalue weighted by Gasteiger charge is -2.47. The lowest BCUT2D eigenvalue weighted by atomic mass is 9.75.